The van der Waals surface area contributed by atoms with Gasteiger partial charge in [-0.15, -0.1) is 0 Å². The number of methoxy groups -OCH3 is 2. The van der Waals surface area contributed by atoms with Crippen molar-refractivity contribution in [2.45, 2.75) is 32.1 Å². The number of aliphatic imine (C=N–C) groups is 1. The molecule has 0 spiro atoms. The largest absolute Gasteiger partial charge is 0.497 e. The molecule has 1 fully saturated rings. The van der Waals surface area contributed by atoms with Crippen molar-refractivity contribution >= 4 is 44.1 Å². The smallest absolute Gasteiger partial charge is 0.255 e. The highest BCUT2D eigenvalue weighted by molar-refractivity contribution is 7.22. The zero-order valence-corrected chi connectivity index (χ0v) is 20.1. The van der Waals surface area contributed by atoms with Crippen LogP contribution in [0.2, 0.25) is 0 Å². The van der Waals surface area contributed by atoms with E-state index >= 15 is 0 Å². The molecule has 0 saturated heterocycles. The molecule has 2 atom stereocenters. The minimum Gasteiger partial charge on any atom is -0.497 e. The summed E-state index contributed by atoms with van der Waals surface area (Å²) < 4.78 is 12.1. The summed E-state index contributed by atoms with van der Waals surface area (Å²) in [7, 11) is 3.18. The highest BCUT2D eigenvalue weighted by Crippen LogP contribution is 2.46. The maximum Gasteiger partial charge on any atom is 0.255 e. The molecule has 2 unspecified atom stereocenters. The average molecular weight is 476 g/mol. The van der Waals surface area contributed by atoms with Gasteiger partial charge in [0.25, 0.3) is 5.91 Å². The third-order valence-electron chi connectivity index (χ3n) is 6.44. The van der Waals surface area contributed by atoms with Crippen molar-refractivity contribution in [2.75, 3.05) is 19.5 Å². The van der Waals surface area contributed by atoms with Crippen LogP contribution in [-0.2, 0) is 9.59 Å². The van der Waals surface area contributed by atoms with E-state index < -0.39 is 11.8 Å². The first-order chi connectivity index (χ1) is 16.5. The maximum atomic E-state index is 13.7. The van der Waals surface area contributed by atoms with Gasteiger partial charge in [-0.2, -0.15) is 0 Å². The van der Waals surface area contributed by atoms with E-state index in [-0.39, 0.29) is 11.7 Å². The van der Waals surface area contributed by atoms with Crippen LogP contribution in [-0.4, -0.2) is 36.6 Å². The summed E-state index contributed by atoms with van der Waals surface area (Å²) in [5.74, 6) is -0.0187. The fourth-order valence-electron chi connectivity index (χ4n) is 4.92. The van der Waals surface area contributed by atoms with Crippen LogP contribution in [0.3, 0.4) is 0 Å². The third-order valence-corrected chi connectivity index (χ3v) is 7.39. The molecule has 2 aliphatic rings. The molecule has 34 heavy (non-hydrogen) atoms. The number of ketones is 1. The van der Waals surface area contributed by atoms with Gasteiger partial charge in [-0.25, -0.2) is 4.98 Å². The van der Waals surface area contributed by atoms with E-state index in [0.29, 0.717) is 34.3 Å². The summed E-state index contributed by atoms with van der Waals surface area (Å²) in [6.07, 6.45) is 1.98. The summed E-state index contributed by atoms with van der Waals surface area (Å²) in [6, 6.07) is 13.2. The number of carbonyl (C=O) groups is 2. The first-order valence-corrected chi connectivity index (χ1v) is 12.0. The number of allylic oxidation sites excluding steroid dienone is 1. The fourth-order valence-corrected chi connectivity index (χ4v) is 5.79. The van der Waals surface area contributed by atoms with Crippen molar-refractivity contribution in [2.24, 2.45) is 10.9 Å². The van der Waals surface area contributed by atoms with Gasteiger partial charge in [0, 0.05) is 34.9 Å². The van der Waals surface area contributed by atoms with E-state index in [1.807, 2.05) is 43.3 Å². The van der Waals surface area contributed by atoms with Gasteiger partial charge in [0.1, 0.15) is 17.3 Å². The van der Waals surface area contributed by atoms with Gasteiger partial charge in [-0.05, 0) is 50.1 Å². The monoisotopic (exact) mass is 475 g/mol. The number of thiazole rings is 1. The van der Waals surface area contributed by atoms with Gasteiger partial charge in [-0.3, -0.25) is 19.9 Å². The normalized spacial score (nSPS) is 20.1. The zero-order chi connectivity index (χ0) is 23.8. The molecule has 2 heterocycles. The Morgan fingerprint density at radius 1 is 1.09 bits per heavy atom. The molecule has 8 heteroatoms. The van der Waals surface area contributed by atoms with Crippen molar-refractivity contribution in [3.63, 3.8) is 0 Å². The van der Waals surface area contributed by atoms with E-state index in [9.17, 15) is 9.59 Å². The summed E-state index contributed by atoms with van der Waals surface area (Å²) in [4.78, 5) is 36.2. The van der Waals surface area contributed by atoms with E-state index in [2.05, 4.69) is 10.3 Å². The number of nitrogens with zero attached hydrogens (tertiary/aromatic N) is 2. The maximum absolute atomic E-state index is 13.7. The van der Waals surface area contributed by atoms with E-state index in [4.69, 9.17) is 14.5 Å². The standard InChI is InChI=1S/C26H25N3O4S/c1-14-22(25(31)29-26-28-17-7-4-5-10-21(17)34-26)23(24-18(27-14)8-6-9-19(24)30)16-13-15(32-2)11-12-20(16)33-3/h4-5,7,10-13,23-24H,6,8-9H2,1-3H3,(H,28,29,31). The lowest BCUT2D eigenvalue weighted by Gasteiger charge is -2.36. The van der Waals surface area contributed by atoms with Crippen molar-refractivity contribution in [3.05, 3.63) is 59.3 Å². The molecule has 2 aromatic carbocycles. The molecular formula is C26H25N3O4S. The Morgan fingerprint density at radius 2 is 1.91 bits per heavy atom. The van der Waals surface area contributed by atoms with Gasteiger partial charge in [0.15, 0.2) is 5.13 Å². The van der Waals surface area contributed by atoms with Crippen molar-refractivity contribution in [1.29, 1.82) is 0 Å². The summed E-state index contributed by atoms with van der Waals surface area (Å²) in [5, 5.41) is 3.47. The first kappa shape index (κ1) is 22.3. The summed E-state index contributed by atoms with van der Waals surface area (Å²) in [5.41, 5.74) is 3.46. The third kappa shape index (κ3) is 3.88. The van der Waals surface area contributed by atoms with Crippen LogP contribution >= 0.6 is 11.3 Å². The molecule has 1 saturated carbocycles. The number of ether oxygens (including phenoxy) is 2. The van der Waals surface area contributed by atoms with Gasteiger partial charge < -0.3 is 9.47 Å². The number of Topliss-reactive ketones (excluding diaryl/α,β-unsaturated/α-hetero) is 1. The number of fused-ring (bicyclic) bond motifs is 2. The van der Waals surface area contributed by atoms with Gasteiger partial charge >= 0.3 is 0 Å². The number of anilines is 1. The minimum absolute atomic E-state index is 0.0951. The highest BCUT2D eigenvalue weighted by Gasteiger charge is 2.44. The topological polar surface area (TPSA) is 89.9 Å². The molecule has 1 aromatic heterocycles. The molecule has 174 valence electrons. The lowest BCUT2D eigenvalue weighted by molar-refractivity contribution is -0.122. The molecular weight excluding hydrogens is 450 g/mol. The SMILES string of the molecule is COc1ccc(OC)c(C2C(C(=O)Nc3nc4ccccc4s3)=C(C)N=C3CCCC(=O)C32)c1. The molecule has 7 nitrogen and oxygen atoms in total. The molecule has 5 rings (SSSR count). The Morgan fingerprint density at radius 3 is 2.68 bits per heavy atom. The Balaban J connectivity index is 1.62. The summed E-state index contributed by atoms with van der Waals surface area (Å²) in [6.45, 7) is 1.83. The van der Waals surface area contributed by atoms with Crippen LogP contribution in [0, 0.1) is 5.92 Å². The molecule has 0 bridgehead atoms. The second-order valence-electron chi connectivity index (χ2n) is 8.43. The molecule has 0 radical (unpaired) electrons. The molecule has 1 amide bonds. The van der Waals surface area contributed by atoms with Crippen LogP contribution in [0.1, 0.15) is 37.7 Å². The van der Waals surface area contributed by atoms with Crippen LogP contribution in [0.15, 0.2) is 58.7 Å². The van der Waals surface area contributed by atoms with Crippen molar-refractivity contribution in [3.8, 4) is 11.5 Å². The Kier molecular flexibility index (Phi) is 5.91. The van der Waals surface area contributed by atoms with Crippen molar-refractivity contribution < 1.29 is 19.1 Å². The van der Waals surface area contributed by atoms with Crippen LogP contribution in [0.4, 0.5) is 5.13 Å². The van der Waals surface area contributed by atoms with E-state index in [1.54, 1.807) is 20.3 Å². The number of hydrogen-bond donors (Lipinski definition) is 1. The Hall–Kier alpha value is -3.52. The van der Waals surface area contributed by atoms with Crippen LogP contribution < -0.4 is 14.8 Å². The number of para-hydroxylation sites is 1. The average Bonchev–Trinajstić information content (AvgIpc) is 3.25. The van der Waals surface area contributed by atoms with Crippen molar-refractivity contribution in [1.82, 2.24) is 4.98 Å². The number of nitrogens with one attached hydrogen (secondary N) is 1. The second kappa shape index (κ2) is 9.02. The lowest BCUT2D eigenvalue weighted by Crippen LogP contribution is -2.39. The Bertz CT molecular complexity index is 1320. The molecule has 1 N–H and O–H groups in total. The van der Waals surface area contributed by atoms with Gasteiger partial charge in [0.2, 0.25) is 0 Å². The van der Waals surface area contributed by atoms with Gasteiger partial charge in [-0.1, -0.05) is 23.5 Å². The number of carbonyl (C=O) groups excluding carboxylic acids is 2. The predicted molar refractivity (Wildman–Crippen MR) is 133 cm³/mol. The van der Waals surface area contributed by atoms with Crippen LogP contribution in [0.25, 0.3) is 10.2 Å². The quantitative estimate of drug-likeness (QED) is 0.552. The lowest BCUT2D eigenvalue weighted by atomic mass is 9.69. The number of rotatable bonds is 5. The van der Waals surface area contributed by atoms with Crippen LogP contribution in [0.5, 0.6) is 11.5 Å². The highest BCUT2D eigenvalue weighted by atomic mass is 32.1. The Labute approximate surface area is 201 Å². The minimum atomic E-state index is -0.528. The molecule has 1 aliphatic carbocycles. The number of hydrogen-bond acceptors (Lipinski definition) is 7. The zero-order valence-electron chi connectivity index (χ0n) is 19.3. The fraction of sp³-hybridized carbons (Fsp3) is 0.308. The molecule has 3 aromatic rings. The van der Waals surface area contributed by atoms with E-state index in [1.165, 1.54) is 11.3 Å². The molecule has 1 aliphatic heterocycles. The number of benzene rings is 2. The predicted octanol–water partition coefficient (Wildman–Crippen LogP) is 5.13. The number of aromatic nitrogens is 1. The second-order valence-corrected chi connectivity index (χ2v) is 9.46. The van der Waals surface area contributed by atoms with Gasteiger partial charge in [0.05, 0.1) is 30.4 Å². The first-order valence-electron chi connectivity index (χ1n) is 11.2. The van der Waals surface area contributed by atoms with E-state index in [0.717, 1.165) is 34.3 Å². The number of amides is 1. The summed E-state index contributed by atoms with van der Waals surface area (Å²) >= 11 is 1.41.